The van der Waals surface area contributed by atoms with Crippen LogP contribution in [0.3, 0.4) is 0 Å². The van der Waals surface area contributed by atoms with Crippen LogP contribution in [-0.4, -0.2) is 20.9 Å². The zero-order valence-electron chi connectivity index (χ0n) is 6.64. The highest BCUT2D eigenvalue weighted by atomic mass is 16.4. The smallest absolute Gasteiger partial charge is 0.416 e. The molecule has 0 atom stereocenters. The highest BCUT2D eigenvalue weighted by molar-refractivity contribution is 5.89. The van der Waals surface area contributed by atoms with E-state index in [0.717, 1.165) is 9.95 Å². The van der Waals surface area contributed by atoms with Gasteiger partial charge in [0.2, 0.25) is 0 Å². The molecule has 0 bridgehead atoms. The van der Waals surface area contributed by atoms with Gasteiger partial charge in [0.25, 0.3) is 0 Å². The Kier molecular flexibility index (Phi) is 1.48. The molecule has 0 fully saturated rings. The number of carbonyl (C=O) groups is 1. The minimum Gasteiger partial charge on any atom is -0.508 e. The van der Waals surface area contributed by atoms with Crippen molar-refractivity contribution in [2.75, 3.05) is 0 Å². The molecular weight excluding hydrogens is 170 g/mol. The Labute approximate surface area is 73.6 Å². The molecule has 2 aromatic rings. The fraction of sp³-hybridized carbons (Fsp3) is 0. The fourth-order valence-corrected chi connectivity index (χ4v) is 1.28. The van der Waals surface area contributed by atoms with Crippen LogP contribution in [0.2, 0.25) is 0 Å². The third kappa shape index (κ3) is 1.12. The Morgan fingerprint density at radius 1 is 1.31 bits per heavy atom. The summed E-state index contributed by atoms with van der Waals surface area (Å²) in [6.07, 6.45) is 0.396. The third-order valence-corrected chi connectivity index (χ3v) is 1.88. The molecule has 4 nitrogen and oxygen atoms in total. The van der Waals surface area contributed by atoms with Crippen LogP contribution in [-0.2, 0) is 0 Å². The molecule has 2 N–H and O–H groups in total. The first-order chi connectivity index (χ1) is 6.18. The Morgan fingerprint density at radius 3 is 2.77 bits per heavy atom. The molecule has 0 radical (unpaired) electrons. The number of hydrogen-bond acceptors (Lipinski definition) is 2. The first kappa shape index (κ1) is 7.67. The van der Waals surface area contributed by atoms with Crippen LogP contribution >= 0.6 is 0 Å². The van der Waals surface area contributed by atoms with Crippen molar-refractivity contribution in [3.8, 4) is 5.75 Å². The molecular formula is C9H7NO3. The molecule has 66 valence electrons. The molecule has 0 aliphatic carbocycles. The average molecular weight is 177 g/mol. The molecule has 13 heavy (non-hydrogen) atoms. The van der Waals surface area contributed by atoms with Crippen LogP contribution in [0, 0.1) is 0 Å². The van der Waals surface area contributed by atoms with Gasteiger partial charge >= 0.3 is 6.09 Å². The highest BCUT2D eigenvalue weighted by Crippen LogP contribution is 2.20. The number of hydrogen-bond donors (Lipinski definition) is 2. The summed E-state index contributed by atoms with van der Waals surface area (Å²) in [7, 11) is 0. The Morgan fingerprint density at radius 2 is 2.08 bits per heavy atom. The van der Waals surface area contributed by atoms with Gasteiger partial charge in [-0.2, -0.15) is 0 Å². The molecule has 0 aliphatic heterocycles. The largest absolute Gasteiger partial charge is 0.508 e. The quantitative estimate of drug-likeness (QED) is 0.645. The van der Waals surface area contributed by atoms with E-state index in [1.165, 1.54) is 18.3 Å². The van der Waals surface area contributed by atoms with Crippen molar-refractivity contribution in [3.63, 3.8) is 0 Å². The van der Waals surface area contributed by atoms with Gasteiger partial charge < -0.3 is 10.2 Å². The monoisotopic (exact) mass is 177 g/mol. The molecule has 4 heteroatoms. The SMILES string of the molecule is O=C(O)n1ccc2ccc(O)cc21. The Balaban J connectivity index is 2.79. The number of aromatic nitrogens is 1. The second kappa shape index (κ2) is 2.52. The number of aromatic hydroxyl groups is 1. The second-order valence-corrected chi connectivity index (χ2v) is 2.71. The summed E-state index contributed by atoms with van der Waals surface area (Å²) in [6, 6.07) is 6.30. The summed E-state index contributed by atoms with van der Waals surface area (Å²) in [4.78, 5) is 10.7. The molecule has 0 saturated heterocycles. The zero-order valence-corrected chi connectivity index (χ0v) is 6.64. The lowest BCUT2D eigenvalue weighted by Crippen LogP contribution is -2.05. The lowest BCUT2D eigenvalue weighted by atomic mass is 10.2. The molecule has 0 saturated carbocycles. The van der Waals surface area contributed by atoms with Crippen molar-refractivity contribution >= 4 is 17.0 Å². The van der Waals surface area contributed by atoms with Crippen LogP contribution in [0.5, 0.6) is 5.75 Å². The van der Waals surface area contributed by atoms with E-state index in [-0.39, 0.29) is 5.75 Å². The second-order valence-electron chi connectivity index (χ2n) is 2.71. The first-order valence-electron chi connectivity index (χ1n) is 3.72. The van der Waals surface area contributed by atoms with E-state index < -0.39 is 6.09 Å². The summed E-state index contributed by atoms with van der Waals surface area (Å²) < 4.78 is 1.06. The highest BCUT2D eigenvalue weighted by Gasteiger charge is 2.06. The van der Waals surface area contributed by atoms with Crippen LogP contribution in [0.15, 0.2) is 30.5 Å². The number of nitrogens with zero attached hydrogens (tertiary/aromatic N) is 1. The number of benzene rings is 1. The molecule has 1 aromatic carbocycles. The van der Waals surface area contributed by atoms with Gasteiger partial charge in [0.1, 0.15) is 5.75 Å². The predicted octanol–water partition coefficient (Wildman–Crippen LogP) is 1.87. The number of phenols is 1. The van der Waals surface area contributed by atoms with Gasteiger partial charge in [0.15, 0.2) is 0 Å². The Bertz CT molecular complexity index is 473. The molecule has 0 spiro atoms. The topological polar surface area (TPSA) is 62.5 Å². The van der Waals surface area contributed by atoms with Crippen molar-refractivity contribution < 1.29 is 15.0 Å². The van der Waals surface area contributed by atoms with Gasteiger partial charge in [0.05, 0.1) is 5.52 Å². The van der Waals surface area contributed by atoms with E-state index in [4.69, 9.17) is 10.2 Å². The van der Waals surface area contributed by atoms with Crippen molar-refractivity contribution in [1.29, 1.82) is 0 Å². The van der Waals surface area contributed by atoms with E-state index in [2.05, 4.69) is 0 Å². The maximum atomic E-state index is 10.7. The van der Waals surface area contributed by atoms with Gasteiger partial charge in [-0.15, -0.1) is 0 Å². The molecule has 1 aromatic heterocycles. The van der Waals surface area contributed by atoms with Gasteiger partial charge in [-0.3, -0.25) is 4.57 Å². The minimum absolute atomic E-state index is 0.0636. The predicted molar refractivity (Wildman–Crippen MR) is 47.0 cm³/mol. The van der Waals surface area contributed by atoms with Gasteiger partial charge in [0, 0.05) is 17.6 Å². The summed E-state index contributed by atoms with van der Waals surface area (Å²) >= 11 is 0. The van der Waals surface area contributed by atoms with Crippen molar-refractivity contribution in [2.45, 2.75) is 0 Å². The Hall–Kier alpha value is -1.97. The van der Waals surface area contributed by atoms with Crippen molar-refractivity contribution in [1.82, 2.24) is 4.57 Å². The number of fused-ring (bicyclic) bond motifs is 1. The van der Waals surface area contributed by atoms with Crippen LogP contribution < -0.4 is 0 Å². The summed E-state index contributed by atoms with van der Waals surface area (Å²) in [5.74, 6) is 0.0636. The maximum absolute atomic E-state index is 10.7. The van der Waals surface area contributed by atoms with Crippen LogP contribution in [0.4, 0.5) is 4.79 Å². The lowest BCUT2D eigenvalue weighted by molar-refractivity contribution is 0.197. The van der Waals surface area contributed by atoms with Crippen molar-refractivity contribution in [3.05, 3.63) is 30.5 Å². The van der Waals surface area contributed by atoms with Gasteiger partial charge in [-0.1, -0.05) is 0 Å². The third-order valence-electron chi connectivity index (χ3n) is 1.88. The van der Waals surface area contributed by atoms with E-state index in [9.17, 15) is 4.79 Å². The maximum Gasteiger partial charge on any atom is 0.416 e. The molecule has 0 aliphatic rings. The van der Waals surface area contributed by atoms with E-state index in [1.54, 1.807) is 12.1 Å². The summed E-state index contributed by atoms with van der Waals surface area (Å²) in [5.41, 5.74) is 0.493. The fourth-order valence-electron chi connectivity index (χ4n) is 1.28. The van der Waals surface area contributed by atoms with Crippen LogP contribution in [0.25, 0.3) is 10.9 Å². The van der Waals surface area contributed by atoms with Gasteiger partial charge in [-0.05, 0) is 18.2 Å². The van der Waals surface area contributed by atoms with E-state index >= 15 is 0 Å². The average Bonchev–Trinajstić information content (AvgIpc) is 2.46. The van der Waals surface area contributed by atoms with E-state index in [0.29, 0.717) is 5.52 Å². The summed E-state index contributed by atoms with van der Waals surface area (Å²) in [6.45, 7) is 0. The molecule has 0 unspecified atom stereocenters. The molecule has 2 rings (SSSR count). The molecule has 0 amide bonds. The first-order valence-corrected chi connectivity index (χ1v) is 3.72. The number of carboxylic acid groups (broad SMARTS) is 1. The van der Waals surface area contributed by atoms with Crippen molar-refractivity contribution in [2.24, 2.45) is 0 Å². The normalized spacial score (nSPS) is 10.5. The lowest BCUT2D eigenvalue weighted by Gasteiger charge is -1.97. The van der Waals surface area contributed by atoms with Gasteiger partial charge in [-0.25, -0.2) is 4.79 Å². The van der Waals surface area contributed by atoms with Crippen LogP contribution in [0.1, 0.15) is 0 Å². The number of rotatable bonds is 0. The zero-order chi connectivity index (χ0) is 9.42. The van der Waals surface area contributed by atoms with E-state index in [1.807, 2.05) is 0 Å². The minimum atomic E-state index is -1.06. The number of phenolic OH excluding ortho intramolecular Hbond substituents is 1. The summed E-state index contributed by atoms with van der Waals surface area (Å²) in [5, 5.41) is 18.7. The molecule has 1 heterocycles. The standard InChI is InChI=1S/C9H7NO3/c11-7-2-1-6-3-4-10(9(12)13)8(6)5-7/h1-5,11H,(H,12,13).